The number of likely N-dealkylation sites (tertiary alicyclic amines) is 1. The average molecular weight is 638 g/mol. The summed E-state index contributed by atoms with van der Waals surface area (Å²) in [6, 6.07) is 18.5. The summed E-state index contributed by atoms with van der Waals surface area (Å²) >= 11 is 0. The Bertz CT molecular complexity index is 1450. The minimum Gasteiger partial charge on any atom is -0.478 e. The second-order valence-electron chi connectivity index (χ2n) is 10.9. The second kappa shape index (κ2) is 16.3. The van der Waals surface area contributed by atoms with Crippen molar-refractivity contribution in [1.29, 1.82) is 0 Å². The fourth-order valence-electron chi connectivity index (χ4n) is 4.84. The Morgan fingerprint density at radius 1 is 0.761 bits per heavy atom. The number of aryl methyl sites for hydroxylation is 2. The molecule has 0 radical (unpaired) electrons. The zero-order chi connectivity index (χ0) is 34.0. The quantitative estimate of drug-likeness (QED) is 0.255. The molecule has 1 aliphatic rings. The van der Waals surface area contributed by atoms with Crippen molar-refractivity contribution < 1.29 is 52.8 Å². The van der Waals surface area contributed by atoms with Gasteiger partial charge in [-0.2, -0.15) is 0 Å². The van der Waals surface area contributed by atoms with Crippen LogP contribution in [0.1, 0.15) is 49.7 Å². The molecule has 4 rings (SSSR count). The molecule has 1 heterocycles. The van der Waals surface area contributed by atoms with Gasteiger partial charge in [0, 0.05) is 6.54 Å². The summed E-state index contributed by atoms with van der Waals surface area (Å²) in [7, 11) is 3.41. The third kappa shape index (κ3) is 9.70. The predicted molar refractivity (Wildman–Crippen MR) is 163 cm³/mol. The van der Waals surface area contributed by atoms with Gasteiger partial charge in [-0.05, 0) is 81.7 Å². The van der Waals surface area contributed by atoms with Crippen molar-refractivity contribution in [3.8, 4) is 0 Å². The van der Waals surface area contributed by atoms with Gasteiger partial charge in [0.2, 0.25) is 12.2 Å². The number of carbonyl (C=O) groups excluding carboxylic acids is 3. The Morgan fingerprint density at radius 3 is 1.59 bits per heavy atom. The van der Waals surface area contributed by atoms with E-state index in [-0.39, 0.29) is 34.7 Å². The molecule has 46 heavy (non-hydrogen) atoms. The van der Waals surface area contributed by atoms with Crippen LogP contribution in [0.5, 0.6) is 0 Å². The van der Waals surface area contributed by atoms with Gasteiger partial charge in [-0.1, -0.05) is 47.5 Å². The van der Waals surface area contributed by atoms with Crippen molar-refractivity contribution in [3.63, 3.8) is 0 Å². The Labute approximate surface area is 265 Å². The largest absolute Gasteiger partial charge is 0.478 e. The van der Waals surface area contributed by atoms with Crippen LogP contribution in [0.4, 0.5) is 4.39 Å². The Balaban J connectivity index is 0.000000275. The molecule has 0 bridgehead atoms. The van der Waals surface area contributed by atoms with Crippen LogP contribution in [0.2, 0.25) is 0 Å². The minimum absolute atomic E-state index is 0.0332. The van der Waals surface area contributed by atoms with Gasteiger partial charge in [-0.25, -0.2) is 23.6 Å². The van der Waals surface area contributed by atoms with E-state index in [9.17, 15) is 38.6 Å². The topological polar surface area (TPSA) is 157 Å². The summed E-state index contributed by atoms with van der Waals surface area (Å²) in [4.78, 5) is 61.3. The Hall–Kier alpha value is -5.10. The smallest absolute Gasteiger partial charge is 0.349 e. The number of hydrogen-bond donors (Lipinski definition) is 2. The number of ether oxygens (including phenoxy) is 3. The normalized spacial score (nSPS) is 17.3. The molecule has 0 amide bonds. The number of carbonyl (C=O) groups is 5. The van der Waals surface area contributed by atoms with E-state index in [1.807, 2.05) is 7.05 Å². The third-order valence-electron chi connectivity index (χ3n) is 7.42. The molecule has 11 nitrogen and oxygen atoms in total. The number of methoxy groups -OCH3 is 1. The van der Waals surface area contributed by atoms with Gasteiger partial charge in [0.25, 0.3) is 0 Å². The number of hydrogen-bond acceptors (Lipinski definition) is 9. The first-order chi connectivity index (χ1) is 21.8. The number of benzene rings is 3. The molecule has 1 fully saturated rings. The van der Waals surface area contributed by atoms with Crippen molar-refractivity contribution in [1.82, 2.24) is 4.90 Å². The minimum atomic E-state index is -2.22. The summed E-state index contributed by atoms with van der Waals surface area (Å²) in [5.41, 5.74) is 2.81. The molecular weight excluding hydrogens is 601 g/mol. The van der Waals surface area contributed by atoms with Crippen molar-refractivity contribution >= 4 is 29.8 Å². The second-order valence-corrected chi connectivity index (χ2v) is 10.9. The first-order valence-electron chi connectivity index (χ1n) is 14.3. The number of carboxylic acid groups (broad SMARTS) is 2. The van der Waals surface area contributed by atoms with E-state index in [0.29, 0.717) is 6.54 Å². The Kier molecular flexibility index (Phi) is 12.5. The zero-order valence-electron chi connectivity index (χ0n) is 25.8. The summed E-state index contributed by atoms with van der Waals surface area (Å²) < 4.78 is 27.5. The number of nitrogens with zero attached hydrogens (tertiary/aromatic N) is 1. The highest BCUT2D eigenvalue weighted by Gasteiger charge is 2.41. The van der Waals surface area contributed by atoms with Gasteiger partial charge in [-0.3, -0.25) is 4.79 Å². The summed E-state index contributed by atoms with van der Waals surface area (Å²) in [6.07, 6.45) is -3.55. The first kappa shape index (κ1) is 35.4. The number of aliphatic carboxylic acids is 2. The van der Waals surface area contributed by atoms with E-state index in [0.717, 1.165) is 29.7 Å². The monoisotopic (exact) mass is 637 g/mol. The average Bonchev–Trinajstić information content (AvgIpc) is 3.03. The van der Waals surface area contributed by atoms with E-state index in [1.54, 1.807) is 50.2 Å². The molecule has 12 heteroatoms. The van der Waals surface area contributed by atoms with Crippen molar-refractivity contribution in [3.05, 3.63) is 106 Å². The van der Waals surface area contributed by atoms with Crippen molar-refractivity contribution in [2.45, 2.75) is 38.4 Å². The van der Waals surface area contributed by atoms with Gasteiger partial charge in [0.15, 0.2) is 0 Å². The molecule has 0 unspecified atom stereocenters. The van der Waals surface area contributed by atoms with Crippen LogP contribution in [0.15, 0.2) is 72.8 Å². The molecule has 4 atom stereocenters. The molecule has 3 aromatic carbocycles. The molecule has 3 aromatic rings. The highest BCUT2D eigenvalue weighted by Crippen LogP contribution is 2.33. The van der Waals surface area contributed by atoms with Gasteiger partial charge < -0.3 is 29.3 Å². The molecule has 0 spiro atoms. The number of esters is 3. The standard InChI is InChI=1S/C20H18O8.C14H18FNO2/c1-11-3-7-13(8-4-11)19(25)27-15(17(21)22)16(18(23)24)28-20(26)14-9-5-12(2)6-10-14;1-16-8-7-12(13(9-16)14(17)18-2)10-3-5-11(15)6-4-10/h3-10,15-16H,1-2H3,(H,21,22)(H,23,24);3-6,12-13H,7-9H2,1-2H3/t15-,16-;12-,13-/m11/s1. The van der Waals surface area contributed by atoms with Crippen LogP contribution in [0.25, 0.3) is 0 Å². The molecule has 244 valence electrons. The Morgan fingerprint density at radius 2 is 1.20 bits per heavy atom. The molecule has 0 aromatic heterocycles. The SMILES string of the molecule is COC(=O)[C@@H]1CN(C)CC[C@@H]1c1ccc(F)cc1.Cc1ccc(C(=O)O[C@@H](C(=O)O)[C@@H](OC(=O)c2ccc(C)cc2)C(=O)O)cc1. The maximum atomic E-state index is 12.9. The van der Waals surface area contributed by atoms with E-state index in [4.69, 9.17) is 14.2 Å². The fraction of sp³-hybridized carbons (Fsp3) is 0.324. The van der Waals surface area contributed by atoms with Crippen LogP contribution in [0, 0.1) is 25.6 Å². The number of halogens is 1. The van der Waals surface area contributed by atoms with E-state index >= 15 is 0 Å². The number of rotatable bonds is 9. The van der Waals surface area contributed by atoms with Crippen LogP contribution in [-0.4, -0.2) is 84.4 Å². The maximum Gasteiger partial charge on any atom is 0.349 e. The first-order valence-corrected chi connectivity index (χ1v) is 14.3. The highest BCUT2D eigenvalue weighted by molar-refractivity contribution is 5.95. The summed E-state index contributed by atoms with van der Waals surface area (Å²) in [5, 5.41) is 18.6. The maximum absolute atomic E-state index is 12.9. The van der Waals surface area contributed by atoms with Crippen LogP contribution in [-0.2, 0) is 28.6 Å². The lowest BCUT2D eigenvalue weighted by atomic mass is 9.80. The van der Waals surface area contributed by atoms with Crippen LogP contribution in [0.3, 0.4) is 0 Å². The van der Waals surface area contributed by atoms with Gasteiger partial charge in [-0.15, -0.1) is 0 Å². The van der Waals surface area contributed by atoms with Gasteiger partial charge in [0.05, 0.1) is 24.2 Å². The number of piperidine rings is 1. The lowest BCUT2D eigenvalue weighted by Gasteiger charge is -2.35. The van der Waals surface area contributed by atoms with Crippen molar-refractivity contribution in [2.75, 3.05) is 27.2 Å². The fourth-order valence-corrected chi connectivity index (χ4v) is 4.84. The molecule has 1 saturated heterocycles. The van der Waals surface area contributed by atoms with Gasteiger partial charge in [0.1, 0.15) is 5.82 Å². The van der Waals surface area contributed by atoms with Crippen molar-refractivity contribution in [2.24, 2.45) is 5.92 Å². The van der Waals surface area contributed by atoms with Crippen LogP contribution >= 0.6 is 0 Å². The highest BCUT2D eigenvalue weighted by atomic mass is 19.1. The molecule has 2 N–H and O–H groups in total. The van der Waals surface area contributed by atoms with E-state index in [2.05, 4.69) is 4.90 Å². The number of carboxylic acids is 2. The summed E-state index contributed by atoms with van der Waals surface area (Å²) in [6.45, 7) is 5.21. The summed E-state index contributed by atoms with van der Waals surface area (Å²) in [5.74, 6) is -6.10. The third-order valence-corrected chi connectivity index (χ3v) is 7.42. The predicted octanol–water partition coefficient (Wildman–Crippen LogP) is 4.26. The lowest BCUT2D eigenvalue weighted by molar-refractivity contribution is -0.166. The zero-order valence-corrected chi connectivity index (χ0v) is 25.8. The van der Waals surface area contributed by atoms with Crippen LogP contribution < -0.4 is 0 Å². The molecule has 0 saturated carbocycles. The molecule has 1 aliphatic heterocycles. The van der Waals surface area contributed by atoms with E-state index < -0.39 is 36.1 Å². The molecule has 0 aliphatic carbocycles. The molecular formula is C34H36FNO10. The van der Waals surface area contributed by atoms with Gasteiger partial charge >= 0.3 is 29.8 Å². The lowest BCUT2D eigenvalue weighted by Crippen LogP contribution is -2.45. The van der Waals surface area contributed by atoms with E-state index in [1.165, 1.54) is 43.5 Å².